The van der Waals surface area contributed by atoms with Gasteiger partial charge in [0.25, 0.3) is 0 Å². The molecule has 5 heteroatoms. The van der Waals surface area contributed by atoms with E-state index in [1.807, 2.05) is 43.0 Å². The van der Waals surface area contributed by atoms with Crippen LogP contribution in [-0.4, -0.2) is 49.6 Å². The Balaban J connectivity index is 1.86. The third-order valence-corrected chi connectivity index (χ3v) is 3.81. The predicted octanol–water partition coefficient (Wildman–Crippen LogP) is 1.99. The van der Waals surface area contributed by atoms with Crippen LogP contribution in [-0.2, 0) is 4.79 Å². The molecule has 1 heterocycles. The zero-order valence-corrected chi connectivity index (χ0v) is 12.9. The second-order valence-electron chi connectivity index (χ2n) is 5.35. The van der Waals surface area contributed by atoms with E-state index in [0.29, 0.717) is 12.6 Å². The number of halogens is 1. The van der Waals surface area contributed by atoms with Crippen molar-refractivity contribution >= 4 is 23.2 Å². The molecule has 0 saturated carbocycles. The van der Waals surface area contributed by atoms with Gasteiger partial charge in [0.1, 0.15) is 0 Å². The van der Waals surface area contributed by atoms with Crippen LogP contribution < -0.4 is 10.2 Å². The van der Waals surface area contributed by atoms with E-state index in [9.17, 15) is 4.79 Å². The SMILES string of the molecule is CC(C)NCC(=O)N1CCN(c2ccccc2Cl)CC1. The lowest BCUT2D eigenvalue weighted by atomic mass is 10.2. The van der Waals surface area contributed by atoms with Gasteiger partial charge in [0.15, 0.2) is 0 Å². The van der Waals surface area contributed by atoms with Crippen LogP contribution in [0.5, 0.6) is 0 Å². The van der Waals surface area contributed by atoms with Crippen molar-refractivity contribution in [3.05, 3.63) is 29.3 Å². The number of nitrogens with one attached hydrogen (secondary N) is 1. The maximum absolute atomic E-state index is 12.0. The topological polar surface area (TPSA) is 35.6 Å². The van der Waals surface area contributed by atoms with Crippen molar-refractivity contribution in [1.29, 1.82) is 0 Å². The number of rotatable bonds is 4. The first-order chi connectivity index (χ1) is 9.58. The molecule has 1 saturated heterocycles. The molecule has 0 radical (unpaired) electrons. The standard InChI is InChI=1S/C15H22ClN3O/c1-12(2)17-11-15(20)19-9-7-18(8-10-19)14-6-4-3-5-13(14)16/h3-6,12,17H,7-11H2,1-2H3. The van der Waals surface area contributed by atoms with Gasteiger partial charge >= 0.3 is 0 Å². The van der Waals surface area contributed by atoms with Crippen LogP contribution in [0.1, 0.15) is 13.8 Å². The molecule has 0 spiro atoms. The van der Waals surface area contributed by atoms with Gasteiger partial charge in [-0.25, -0.2) is 0 Å². The van der Waals surface area contributed by atoms with Crippen LogP contribution in [0.3, 0.4) is 0 Å². The van der Waals surface area contributed by atoms with Gasteiger partial charge in [-0.3, -0.25) is 4.79 Å². The summed E-state index contributed by atoms with van der Waals surface area (Å²) in [6.45, 7) is 7.68. The molecule has 1 N–H and O–H groups in total. The summed E-state index contributed by atoms with van der Waals surface area (Å²) in [6, 6.07) is 8.19. The molecule has 20 heavy (non-hydrogen) atoms. The molecule has 0 unspecified atom stereocenters. The normalized spacial score (nSPS) is 15.8. The number of piperazine rings is 1. The van der Waals surface area contributed by atoms with E-state index in [0.717, 1.165) is 36.9 Å². The number of benzene rings is 1. The lowest BCUT2D eigenvalue weighted by Crippen LogP contribution is -2.51. The first-order valence-electron chi connectivity index (χ1n) is 7.08. The Morgan fingerprint density at radius 2 is 1.90 bits per heavy atom. The number of para-hydroxylation sites is 1. The molecule has 4 nitrogen and oxygen atoms in total. The van der Waals surface area contributed by atoms with E-state index in [1.165, 1.54) is 0 Å². The quantitative estimate of drug-likeness (QED) is 0.923. The molecule has 2 rings (SSSR count). The Morgan fingerprint density at radius 1 is 1.25 bits per heavy atom. The summed E-state index contributed by atoms with van der Waals surface area (Å²) in [7, 11) is 0. The smallest absolute Gasteiger partial charge is 0.236 e. The van der Waals surface area contributed by atoms with Gasteiger partial charge < -0.3 is 15.1 Å². The van der Waals surface area contributed by atoms with Crippen molar-refractivity contribution in [3.63, 3.8) is 0 Å². The van der Waals surface area contributed by atoms with Crippen LogP contribution in [0.15, 0.2) is 24.3 Å². The number of hydrogen-bond donors (Lipinski definition) is 1. The summed E-state index contributed by atoms with van der Waals surface area (Å²) in [4.78, 5) is 16.2. The Morgan fingerprint density at radius 3 is 2.50 bits per heavy atom. The van der Waals surface area contributed by atoms with Gasteiger partial charge in [0, 0.05) is 32.2 Å². The average molecular weight is 296 g/mol. The Kier molecular flexibility index (Phi) is 5.26. The van der Waals surface area contributed by atoms with Gasteiger partial charge in [-0.15, -0.1) is 0 Å². The zero-order valence-electron chi connectivity index (χ0n) is 12.1. The third-order valence-electron chi connectivity index (χ3n) is 3.49. The maximum atomic E-state index is 12.0. The summed E-state index contributed by atoms with van der Waals surface area (Å²) >= 11 is 6.21. The van der Waals surface area contributed by atoms with Crippen LogP contribution in [0.4, 0.5) is 5.69 Å². The molecular weight excluding hydrogens is 274 g/mol. The number of anilines is 1. The minimum absolute atomic E-state index is 0.178. The second-order valence-corrected chi connectivity index (χ2v) is 5.76. The zero-order chi connectivity index (χ0) is 14.5. The number of amides is 1. The largest absolute Gasteiger partial charge is 0.367 e. The summed E-state index contributed by atoms with van der Waals surface area (Å²) in [5, 5.41) is 3.94. The molecule has 1 aliphatic heterocycles. The molecule has 1 fully saturated rings. The van der Waals surface area contributed by atoms with Crippen LogP contribution in [0.2, 0.25) is 5.02 Å². The van der Waals surface area contributed by atoms with E-state index < -0.39 is 0 Å². The first-order valence-corrected chi connectivity index (χ1v) is 7.46. The van der Waals surface area contributed by atoms with Gasteiger partial charge in [-0.2, -0.15) is 0 Å². The van der Waals surface area contributed by atoms with E-state index in [4.69, 9.17) is 11.6 Å². The van der Waals surface area contributed by atoms with Crippen molar-refractivity contribution in [1.82, 2.24) is 10.2 Å². The highest BCUT2D eigenvalue weighted by Gasteiger charge is 2.21. The van der Waals surface area contributed by atoms with Crippen molar-refractivity contribution in [2.45, 2.75) is 19.9 Å². The molecule has 1 aromatic rings. The van der Waals surface area contributed by atoms with Crippen LogP contribution >= 0.6 is 11.6 Å². The monoisotopic (exact) mass is 295 g/mol. The molecule has 110 valence electrons. The minimum Gasteiger partial charge on any atom is -0.367 e. The van der Waals surface area contributed by atoms with Gasteiger partial charge in [-0.1, -0.05) is 37.6 Å². The van der Waals surface area contributed by atoms with Gasteiger partial charge in [-0.05, 0) is 12.1 Å². The Labute approximate surface area is 125 Å². The molecule has 0 aromatic heterocycles. The lowest BCUT2D eigenvalue weighted by molar-refractivity contribution is -0.130. The average Bonchev–Trinajstić information content (AvgIpc) is 2.45. The molecular formula is C15H22ClN3O. The highest BCUT2D eigenvalue weighted by molar-refractivity contribution is 6.33. The maximum Gasteiger partial charge on any atom is 0.236 e. The molecule has 0 aliphatic carbocycles. The van der Waals surface area contributed by atoms with Crippen molar-refractivity contribution in [2.24, 2.45) is 0 Å². The minimum atomic E-state index is 0.178. The van der Waals surface area contributed by atoms with Crippen LogP contribution in [0.25, 0.3) is 0 Å². The summed E-state index contributed by atoms with van der Waals surface area (Å²) in [5.74, 6) is 0.178. The van der Waals surface area contributed by atoms with E-state index >= 15 is 0 Å². The molecule has 0 bridgehead atoms. The Hall–Kier alpha value is -1.26. The number of carbonyl (C=O) groups excluding carboxylic acids is 1. The first kappa shape index (κ1) is 15.1. The predicted molar refractivity (Wildman–Crippen MR) is 83.4 cm³/mol. The van der Waals surface area contributed by atoms with Crippen molar-refractivity contribution < 1.29 is 4.79 Å². The third kappa shape index (κ3) is 3.87. The van der Waals surface area contributed by atoms with E-state index in [2.05, 4.69) is 10.2 Å². The van der Waals surface area contributed by atoms with Crippen LogP contribution in [0, 0.1) is 0 Å². The fourth-order valence-electron chi connectivity index (χ4n) is 2.31. The van der Waals surface area contributed by atoms with E-state index in [1.54, 1.807) is 0 Å². The van der Waals surface area contributed by atoms with Gasteiger partial charge in [0.2, 0.25) is 5.91 Å². The number of hydrogen-bond acceptors (Lipinski definition) is 3. The fourth-order valence-corrected chi connectivity index (χ4v) is 2.56. The molecule has 1 aliphatic rings. The summed E-state index contributed by atoms with van der Waals surface area (Å²) in [6.07, 6.45) is 0. The molecule has 0 atom stereocenters. The lowest BCUT2D eigenvalue weighted by Gasteiger charge is -2.36. The molecule has 1 aromatic carbocycles. The Bertz CT molecular complexity index is 456. The fraction of sp³-hybridized carbons (Fsp3) is 0.533. The van der Waals surface area contributed by atoms with Crippen molar-refractivity contribution in [3.8, 4) is 0 Å². The second kappa shape index (κ2) is 6.95. The number of nitrogens with zero attached hydrogens (tertiary/aromatic N) is 2. The number of carbonyl (C=O) groups is 1. The van der Waals surface area contributed by atoms with Gasteiger partial charge in [0.05, 0.1) is 17.3 Å². The summed E-state index contributed by atoms with van der Waals surface area (Å²) < 4.78 is 0. The molecule has 1 amide bonds. The summed E-state index contributed by atoms with van der Waals surface area (Å²) in [5.41, 5.74) is 1.06. The highest BCUT2D eigenvalue weighted by Crippen LogP contribution is 2.25. The van der Waals surface area contributed by atoms with E-state index in [-0.39, 0.29) is 5.91 Å². The van der Waals surface area contributed by atoms with Crippen molar-refractivity contribution in [2.75, 3.05) is 37.6 Å². The highest BCUT2D eigenvalue weighted by atomic mass is 35.5.